The topological polar surface area (TPSA) is 135 Å². The standard InChI is InChI=1S/C35H34N4O6S/c1-22(33(41)37-27-13-11-26(12-14-27)36-23(2)40)46-30-18-15-28(16-19-30)38-35(43)31(39-34(42)24-8-6-5-7-9-24)20-25-10-17-29(44-3)21-32(25)45-4/h5-22H,1-4H3,(H,36,40)(H,37,41)(H,38,43)(H,39,42)/b31-20-. The fourth-order valence-corrected chi connectivity index (χ4v) is 5.06. The Morgan fingerprint density at radius 3 is 1.96 bits per heavy atom. The summed E-state index contributed by atoms with van der Waals surface area (Å²) in [6, 6.07) is 27.6. The van der Waals surface area contributed by atoms with E-state index in [9.17, 15) is 19.2 Å². The van der Waals surface area contributed by atoms with E-state index >= 15 is 0 Å². The lowest BCUT2D eigenvalue weighted by Crippen LogP contribution is -2.30. The Kier molecular flexibility index (Phi) is 11.6. The molecule has 0 aromatic heterocycles. The smallest absolute Gasteiger partial charge is 0.272 e. The highest BCUT2D eigenvalue weighted by Crippen LogP contribution is 2.28. The van der Waals surface area contributed by atoms with Gasteiger partial charge in [0.25, 0.3) is 11.8 Å². The molecule has 0 spiro atoms. The number of benzene rings is 4. The molecule has 1 atom stereocenters. The molecule has 0 aliphatic heterocycles. The van der Waals surface area contributed by atoms with Crippen LogP contribution in [-0.2, 0) is 14.4 Å². The molecule has 0 aliphatic rings. The van der Waals surface area contributed by atoms with E-state index in [2.05, 4.69) is 21.3 Å². The van der Waals surface area contributed by atoms with Crippen molar-refractivity contribution >= 4 is 58.5 Å². The van der Waals surface area contributed by atoms with Crippen molar-refractivity contribution in [1.82, 2.24) is 5.32 Å². The molecule has 11 heteroatoms. The SMILES string of the molecule is COc1ccc(/C=C(\NC(=O)c2ccccc2)C(=O)Nc2ccc(SC(C)C(=O)Nc3ccc(NC(C)=O)cc3)cc2)c(OC)c1. The van der Waals surface area contributed by atoms with Gasteiger partial charge in [0.05, 0.1) is 19.5 Å². The van der Waals surface area contributed by atoms with E-state index in [0.717, 1.165) is 4.90 Å². The second kappa shape index (κ2) is 16.0. The third-order valence-electron chi connectivity index (χ3n) is 6.54. The summed E-state index contributed by atoms with van der Waals surface area (Å²) < 4.78 is 10.7. The third kappa shape index (κ3) is 9.47. The van der Waals surface area contributed by atoms with Crippen LogP contribution in [0.5, 0.6) is 11.5 Å². The monoisotopic (exact) mass is 638 g/mol. The number of hydrogen-bond acceptors (Lipinski definition) is 7. The number of nitrogens with one attached hydrogen (secondary N) is 4. The molecule has 10 nitrogen and oxygen atoms in total. The fraction of sp³-hybridized carbons (Fsp3) is 0.143. The highest BCUT2D eigenvalue weighted by atomic mass is 32.2. The van der Waals surface area contributed by atoms with Gasteiger partial charge in [-0.2, -0.15) is 0 Å². The summed E-state index contributed by atoms with van der Waals surface area (Å²) in [4.78, 5) is 51.3. The van der Waals surface area contributed by atoms with Crippen LogP contribution in [0.2, 0.25) is 0 Å². The van der Waals surface area contributed by atoms with Gasteiger partial charge < -0.3 is 30.7 Å². The van der Waals surface area contributed by atoms with Gasteiger partial charge in [0, 0.05) is 46.1 Å². The van der Waals surface area contributed by atoms with Gasteiger partial charge in [0.15, 0.2) is 0 Å². The van der Waals surface area contributed by atoms with Crippen molar-refractivity contribution in [2.75, 3.05) is 30.2 Å². The average Bonchev–Trinajstić information content (AvgIpc) is 3.06. The van der Waals surface area contributed by atoms with E-state index < -0.39 is 17.1 Å². The third-order valence-corrected chi connectivity index (χ3v) is 7.65. The second-order valence-corrected chi connectivity index (χ2v) is 11.4. The number of rotatable bonds is 12. The van der Waals surface area contributed by atoms with E-state index in [0.29, 0.717) is 39.7 Å². The zero-order valence-electron chi connectivity index (χ0n) is 25.8. The molecular weight excluding hydrogens is 604 g/mol. The maximum Gasteiger partial charge on any atom is 0.272 e. The molecule has 0 bridgehead atoms. The summed E-state index contributed by atoms with van der Waals surface area (Å²) in [6.45, 7) is 3.22. The average molecular weight is 639 g/mol. The number of methoxy groups -OCH3 is 2. The van der Waals surface area contributed by atoms with E-state index in [1.807, 2.05) is 0 Å². The first-order valence-electron chi connectivity index (χ1n) is 14.2. The summed E-state index contributed by atoms with van der Waals surface area (Å²) in [5.74, 6) is -0.312. The summed E-state index contributed by atoms with van der Waals surface area (Å²) in [7, 11) is 3.05. The Hall–Kier alpha value is -5.55. The van der Waals surface area contributed by atoms with Crippen LogP contribution in [0.25, 0.3) is 6.08 Å². The van der Waals surface area contributed by atoms with Crippen molar-refractivity contribution in [3.8, 4) is 11.5 Å². The summed E-state index contributed by atoms with van der Waals surface area (Å²) in [6.07, 6.45) is 1.53. The van der Waals surface area contributed by atoms with E-state index in [4.69, 9.17) is 9.47 Å². The van der Waals surface area contributed by atoms with Crippen LogP contribution in [0.3, 0.4) is 0 Å². The van der Waals surface area contributed by atoms with Gasteiger partial charge >= 0.3 is 0 Å². The van der Waals surface area contributed by atoms with Crippen molar-refractivity contribution in [3.05, 3.63) is 114 Å². The number of ether oxygens (including phenoxy) is 2. The Bertz CT molecular complexity index is 1720. The minimum atomic E-state index is -0.542. The zero-order valence-corrected chi connectivity index (χ0v) is 26.6. The van der Waals surface area contributed by atoms with Gasteiger partial charge in [-0.15, -0.1) is 11.8 Å². The number of carbonyl (C=O) groups excluding carboxylic acids is 4. The van der Waals surface area contributed by atoms with Crippen LogP contribution < -0.4 is 30.7 Å². The zero-order chi connectivity index (χ0) is 33.1. The van der Waals surface area contributed by atoms with Crippen LogP contribution in [0.1, 0.15) is 29.8 Å². The maximum atomic E-state index is 13.5. The van der Waals surface area contributed by atoms with Gasteiger partial charge in [0.1, 0.15) is 17.2 Å². The molecule has 0 aliphatic carbocycles. The molecule has 0 saturated carbocycles. The van der Waals surface area contributed by atoms with Crippen LogP contribution in [0, 0.1) is 0 Å². The minimum Gasteiger partial charge on any atom is -0.497 e. The molecule has 4 N–H and O–H groups in total. The van der Waals surface area contributed by atoms with Gasteiger partial charge in [0.2, 0.25) is 11.8 Å². The lowest BCUT2D eigenvalue weighted by atomic mass is 10.1. The predicted molar refractivity (Wildman–Crippen MR) is 181 cm³/mol. The number of hydrogen-bond donors (Lipinski definition) is 4. The van der Waals surface area contributed by atoms with Crippen molar-refractivity contribution < 1.29 is 28.7 Å². The number of carbonyl (C=O) groups is 4. The van der Waals surface area contributed by atoms with Crippen molar-refractivity contribution in [2.24, 2.45) is 0 Å². The number of amides is 4. The van der Waals surface area contributed by atoms with Crippen LogP contribution in [-0.4, -0.2) is 43.1 Å². The molecule has 4 rings (SSSR count). The largest absolute Gasteiger partial charge is 0.497 e. The van der Waals surface area contributed by atoms with Gasteiger partial charge in [-0.25, -0.2) is 0 Å². The molecule has 46 heavy (non-hydrogen) atoms. The first-order chi connectivity index (χ1) is 22.1. The fourth-order valence-electron chi connectivity index (χ4n) is 4.19. The lowest BCUT2D eigenvalue weighted by molar-refractivity contribution is -0.115. The molecule has 0 radical (unpaired) electrons. The molecule has 0 fully saturated rings. The summed E-state index contributed by atoms with van der Waals surface area (Å²) in [5, 5.41) is 10.7. The normalized spacial score (nSPS) is 11.5. The molecule has 0 saturated heterocycles. The second-order valence-electron chi connectivity index (χ2n) is 9.97. The van der Waals surface area contributed by atoms with Crippen LogP contribution >= 0.6 is 11.8 Å². The Labute approximate surface area is 271 Å². The van der Waals surface area contributed by atoms with Gasteiger partial charge in [-0.05, 0) is 85.8 Å². The number of anilines is 3. The van der Waals surface area contributed by atoms with Crippen molar-refractivity contribution in [3.63, 3.8) is 0 Å². The Morgan fingerprint density at radius 2 is 1.35 bits per heavy atom. The molecule has 4 aromatic carbocycles. The molecule has 236 valence electrons. The van der Waals surface area contributed by atoms with Crippen LogP contribution in [0.4, 0.5) is 17.1 Å². The predicted octanol–water partition coefficient (Wildman–Crippen LogP) is 6.19. The van der Waals surface area contributed by atoms with E-state index in [1.54, 1.807) is 111 Å². The molecule has 1 unspecified atom stereocenters. The first kappa shape index (κ1) is 33.3. The van der Waals surface area contributed by atoms with Crippen molar-refractivity contribution in [2.45, 2.75) is 24.0 Å². The lowest BCUT2D eigenvalue weighted by Gasteiger charge is -2.14. The highest BCUT2D eigenvalue weighted by molar-refractivity contribution is 8.00. The molecular formula is C35H34N4O6S. The van der Waals surface area contributed by atoms with E-state index in [1.165, 1.54) is 31.9 Å². The van der Waals surface area contributed by atoms with Gasteiger partial charge in [-0.3, -0.25) is 19.2 Å². The van der Waals surface area contributed by atoms with Gasteiger partial charge in [-0.1, -0.05) is 18.2 Å². The minimum absolute atomic E-state index is 0.00571. The Morgan fingerprint density at radius 1 is 0.739 bits per heavy atom. The molecule has 4 aromatic rings. The Balaban J connectivity index is 1.44. The molecule has 0 heterocycles. The molecule has 4 amide bonds. The number of thioether (sulfide) groups is 1. The van der Waals surface area contributed by atoms with Crippen molar-refractivity contribution in [1.29, 1.82) is 0 Å². The van der Waals surface area contributed by atoms with Crippen LogP contribution in [0.15, 0.2) is 108 Å². The summed E-state index contributed by atoms with van der Waals surface area (Å²) in [5.41, 5.74) is 2.70. The van der Waals surface area contributed by atoms with E-state index in [-0.39, 0.29) is 17.5 Å². The quantitative estimate of drug-likeness (QED) is 0.107. The maximum absolute atomic E-state index is 13.5. The first-order valence-corrected chi connectivity index (χ1v) is 15.1. The highest BCUT2D eigenvalue weighted by Gasteiger charge is 2.18. The summed E-state index contributed by atoms with van der Waals surface area (Å²) >= 11 is 1.36.